The number of anilines is 1. The van der Waals surface area contributed by atoms with E-state index in [9.17, 15) is 0 Å². The third-order valence-electron chi connectivity index (χ3n) is 2.55. The fourth-order valence-corrected chi connectivity index (χ4v) is 1.51. The smallest absolute Gasteiger partial charge is 0.0991 e. The average Bonchev–Trinajstić information content (AvgIpc) is 2.46. The second-order valence-electron chi connectivity index (χ2n) is 3.84. The van der Waals surface area contributed by atoms with E-state index in [4.69, 9.17) is 5.26 Å². The van der Waals surface area contributed by atoms with E-state index in [-0.39, 0.29) is 0 Å². The van der Waals surface area contributed by atoms with Crippen molar-refractivity contribution in [1.82, 2.24) is 0 Å². The summed E-state index contributed by atoms with van der Waals surface area (Å²) in [6.45, 7) is 0. The fraction of sp³-hybridized carbons (Fsp3) is 0.0667. The minimum Gasteiger partial charge on any atom is -0.269 e. The number of nitrogens with zero attached hydrogens (tertiary/aromatic N) is 3. The first-order valence-corrected chi connectivity index (χ1v) is 5.62. The molecule has 0 fully saturated rings. The van der Waals surface area contributed by atoms with Crippen LogP contribution in [0.2, 0.25) is 0 Å². The quantitative estimate of drug-likeness (QED) is 0.606. The van der Waals surface area contributed by atoms with Crippen LogP contribution < -0.4 is 5.01 Å². The van der Waals surface area contributed by atoms with E-state index in [1.165, 1.54) is 0 Å². The molecule has 2 aromatic rings. The Labute approximate surface area is 107 Å². The summed E-state index contributed by atoms with van der Waals surface area (Å²) < 4.78 is 0. The minimum absolute atomic E-state index is 0.656. The van der Waals surface area contributed by atoms with Gasteiger partial charge in [-0.25, -0.2) is 0 Å². The lowest BCUT2D eigenvalue weighted by molar-refractivity contribution is 1.02. The molecule has 0 aliphatic heterocycles. The van der Waals surface area contributed by atoms with Crippen LogP contribution in [0.15, 0.2) is 59.7 Å². The van der Waals surface area contributed by atoms with Gasteiger partial charge in [0.2, 0.25) is 0 Å². The van der Waals surface area contributed by atoms with Crippen molar-refractivity contribution < 1.29 is 0 Å². The second kappa shape index (κ2) is 5.65. The third-order valence-corrected chi connectivity index (χ3v) is 2.55. The number of hydrazone groups is 1. The molecule has 2 rings (SSSR count). The largest absolute Gasteiger partial charge is 0.269 e. The van der Waals surface area contributed by atoms with E-state index in [1.54, 1.807) is 23.4 Å². The van der Waals surface area contributed by atoms with Gasteiger partial charge in [0.1, 0.15) is 0 Å². The topological polar surface area (TPSA) is 39.4 Å². The molecule has 0 bridgehead atoms. The van der Waals surface area contributed by atoms with Crippen LogP contribution in [0.1, 0.15) is 11.1 Å². The van der Waals surface area contributed by atoms with E-state index < -0.39 is 0 Å². The summed E-state index contributed by atoms with van der Waals surface area (Å²) in [5.41, 5.74) is 2.66. The first-order valence-electron chi connectivity index (χ1n) is 5.62. The van der Waals surface area contributed by atoms with E-state index >= 15 is 0 Å². The standard InChI is InChI=1S/C15H13N3/c1-18(15-5-3-2-4-6-15)17-12-14-9-7-13(11-16)8-10-14/h2-10,12H,1H3/b17-12-. The highest BCUT2D eigenvalue weighted by Gasteiger charge is 1.95. The Hall–Kier alpha value is -2.60. The molecule has 3 nitrogen and oxygen atoms in total. The second-order valence-corrected chi connectivity index (χ2v) is 3.84. The van der Waals surface area contributed by atoms with Crippen molar-refractivity contribution in [2.75, 3.05) is 12.1 Å². The summed E-state index contributed by atoms with van der Waals surface area (Å²) in [6.07, 6.45) is 1.77. The van der Waals surface area contributed by atoms with Crippen molar-refractivity contribution in [1.29, 1.82) is 5.26 Å². The van der Waals surface area contributed by atoms with Gasteiger partial charge in [0.25, 0.3) is 0 Å². The minimum atomic E-state index is 0.656. The van der Waals surface area contributed by atoms with E-state index in [2.05, 4.69) is 11.2 Å². The zero-order valence-electron chi connectivity index (χ0n) is 10.1. The highest BCUT2D eigenvalue weighted by molar-refractivity contribution is 5.80. The van der Waals surface area contributed by atoms with E-state index in [0.29, 0.717) is 5.56 Å². The molecule has 0 spiro atoms. The van der Waals surface area contributed by atoms with Crippen molar-refractivity contribution in [3.63, 3.8) is 0 Å². The van der Waals surface area contributed by atoms with Gasteiger partial charge in [-0.15, -0.1) is 0 Å². The van der Waals surface area contributed by atoms with Gasteiger partial charge in [-0.2, -0.15) is 10.4 Å². The molecule has 0 aliphatic rings. The third kappa shape index (κ3) is 2.96. The van der Waals surface area contributed by atoms with Crippen LogP contribution in [0.3, 0.4) is 0 Å². The van der Waals surface area contributed by atoms with Gasteiger partial charge in [-0.05, 0) is 29.8 Å². The molecule has 0 saturated heterocycles. The van der Waals surface area contributed by atoms with Crippen molar-refractivity contribution in [3.8, 4) is 6.07 Å². The maximum atomic E-state index is 8.70. The molecule has 0 aromatic heterocycles. The molecule has 0 heterocycles. The van der Waals surface area contributed by atoms with Crippen LogP contribution in [0.4, 0.5) is 5.69 Å². The number of rotatable bonds is 3. The van der Waals surface area contributed by atoms with E-state index in [1.807, 2.05) is 49.5 Å². The van der Waals surface area contributed by atoms with Gasteiger partial charge < -0.3 is 0 Å². The summed E-state index contributed by atoms with van der Waals surface area (Å²) in [4.78, 5) is 0. The summed E-state index contributed by atoms with van der Waals surface area (Å²) in [7, 11) is 1.90. The summed E-state index contributed by atoms with van der Waals surface area (Å²) >= 11 is 0. The lowest BCUT2D eigenvalue weighted by Gasteiger charge is -2.11. The first kappa shape index (κ1) is 11.9. The van der Waals surface area contributed by atoms with E-state index in [0.717, 1.165) is 11.3 Å². The van der Waals surface area contributed by atoms with Crippen molar-refractivity contribution >= 4 is 11.9 Å². The predicted molar refractivity (Wildman–Crippen MR) is 73.6 cm³/mol. The molecule has 0 aliphatic carbocycles. The van der Waals surface area contributed by atoms with Gasteiger partial charge in [-0.3, -0.25) is 5.01 Å². The average molecular weight is 235 g/mol. The highest BCUT2D eigenvalue weighted by Crippen LogP contribution is 2.11. The van der Waals surface area contributed by atoms with Crippen molar-refractivity contribution in [3.05, 3.63) is 65.7 Å². The lowest BCUT2D eigenvalue weighted by Crippen LogP contribution is -2.08. The Morgan fingerprint density at radius 1 is 1.06 bits per heavy atom. The van der Waals surface area contributed by atoms with Gasteiger partial charge >= 0.3 is 0 Å². The van der Waals surface area contributed by atoms with Crippen LogP contribution in [0.25, 0.3) is 0 Å². The van der Waals surface area contributed by atoms with Gasteiger partial charge in [0.15, 0.2) is 0 Å². The lowest BCUT2D eigenvalue weighted by atomic mass is 10.2. The molecule has 2 aromatic carbocycles. The number of nitriles is 1. The molecular formula is C15H13N3. The van der Waals surface area contributed by atoms with Crippen LogP contribution >= 0.6 is 0 Å². The Morgan fingerprint density at radius 3 is 2.33 bits per heavy atom. The Kier molecular flexibility index (Phi) is 3.72. The number of benzene rings is 2. The SMILES string of the molecule is CN(/N=C\c1ccc(C#N)cc1)c1ccccc1. The van der Waals surface area contributed by atoms with Crippen molar-refractivity contribution in [2.24, 2.45) is 5.10 Å². The number of hydrogen-bond acceptors (Lipinski definition) is 3. The number of hydrogen-bond donors (Lipinski definition) is 0. The van der Waals surface area contributed by atoms with Crippen LogP contribution in [-0.2, 0) is 0 Å². The Bertz CT molecular complexity index is 565. The van der Waals surface area contributed by atoms with Gasteiger partial charge in [-0.1, -0.05) is 30.3 Å². The zero-order valence-corrected chi connectivity index (χ0v) is 10.1. The van der Waals surface area contributed by atoms with Crippen LogP contribution in [-0.4, -0.2) is 13.3 Å². The molecule has 0 saturated carbocycles. The van der Waals surface area contributed by atoms with Crippen LogP contribution in [0.5, 0.6) is 0 Å². The Balaban J connectivity index is 2.09. The zero-order chi connectivity index (χ0) is 12.8. The van der Waals surface area contributed by atoms with Gasteiger partial charge in [0, 0.05) is 7.05 Å². The molecule has 0 amide bonds. The maximum Gasteiger partial charge on any atom is 0.0991 e. The molecule has 0 radical (unpaired) electrons. The summed E-state index contributed by atoms with van der Waals surface area (Å²) in [6, 6.07) is 19.3. The fourth-order valence-electron chi connectivity index (χ4n) is 1.51. The molecular weight excluding hydrogens is 222 g/mol. The molecule has 0 unspecified atom stereocenters. The predicted octanol–water partition coefficient (Wildman–Crippen LogP) is 3.03. The van der Waals surface area contributed by atoms with Gasteiger partial charge in [0.05, 0.1) is 23.5 Å². The first-order chi connectivity index (χ1) is 8.79. The molecule has 18 heavy (non-hydrogen) atoms. The maximum absolute atomic E-state index is 8.70. The van der Waals surface area contributed by atoms with Crippen LogP contribution in [0, 0.1) is 11.3 Å². The Morgan fingerprint density at radius 2 is 1.72 bits per heavy atom. The molecule has 3 heteroatoms. The molecule has 0 atom stereocenters. The van der Waals surface area contributed by atoms with Crippen molar-refractivity contribution in [2.45, 2.75) is 0 Å². The summed E-state index contributed by atoms with van der Waals surface area (Å²) in [5, 5.41) is 14.9. The number of para-hydroxylation sites is 1. The normalized spacial score (nSPS) is 10.2. The summed E-state index contributed by atoms with van der Waals surface area (Å²) in [5.74, 6) is 0. The molecule has 88 valence electrons. The highest BCUT2D eigenvalue weighted by atomic mass is 15.4. The molecule has 0 N–H and O–H groups in total. The monoisotopic (exact) mass is 235 g/mol.